The second kappa shape index (κ2) is 5.75. The average Bonchev–Trinajstić information content (AvgIpc) is 3.15. The zero-order valence-corrected chi connectivity index (χ0v) is 12.3. The fourth-order valence-electron chi connectivity index (χ4n) is 1.89. The first-order chi connectivity index (χ1) is 8.97. The first-order valence-corrected chi connectivity index (χ1v) is 7.94. The van der Waals surface area contributed by atoms with Crippen LogP contribution in [0.2, 0.25) is 5.15 Å². The predicted octanol–water partition coefficient (Wildman–Crippen LogP) is 1.83. The Balaban J connectivity index is 1.99. The van der Waals surface area contributed by atoms with E-state index in [2.05, 4.69) is 9.71 Å². The highest BCUT2D eigenvalue weighted by Gasteiger charge is 2.42. The lowest BCUT2D eigenvalue weighted by molar-refractivity contribution is 0.173. The van der Waals surface area contributed by atoms with Gasteiger partial charge < -0.3 is 4.74 Å². The van der Waals surface area contributed by atoms with Crippen LogP contribution in [0.4, 0.5) is 0 Å². The van der Waals surface area contributed by atoms with Gasteiger partial charge in [0.2, 0.25) is 10.0 Å². The highest BCUT2D eigenvalue weighted by molar-refractivity contribution is 7.89. The van der Waals surface area contributed by atoms with E-state index in [1.165, 1.54) is 18.3 Å². The molecule has 7 heteroatoms. The Bertz CT molecular complexity index is 544. The van der Waals surface area contributed by atoms with E-state index in [0.29, 0.717) is 13.2 Å². The lowest BCUT2D eigenvalue weighted by Crippen LogP contribution is -2.31. The molecule has 0 aliphatic heterocycles. The topological polar surface area (TPSA) is 68.3 Å². The van der Waals surface area contributed by atoms with E-state index in [9.17, 15) is 8.42 Å². The molecular weight excluding hydrogens is 288 g/mol. The molecule has 1 N–H and O–H groups in total. The van der Waals surface area contributed by atoms with Crippen molar-refractivity contribution in [3.63, 3.8) is 0 Å². The van der Waals surface area contributed by atoms with Crippen LogP contribution in [0.3, 0.4) is 0 Å². The molecule has 1 fully saturated rings. The number of rotatable bonds is 7. The minimum absolute atomic E-state index is 0.0694. The van der Waals surface area contributed by atoms with Crippen LogP contribution >= 0.6 is 11.6 Å². The van der Waals surface area contributed by atoms with E-state index < -0.39 is 10.0 Å². The van der Waals surface area contributed by atoms with Crippen LogP contribution < -0.4 is 4.72 Å². The molecule has 1 heterocycles. The summed E-state index contributed by atoms with van der Waals surface area (Å²) < 4.78 is 31.9. The van der Waals surface area contributed by atoms with Gasteiger partial charge in [0.05, 0.1) is 4.90 Å². The molecule has 1 aromatic rings. The van der Waals surface area contributed by atoms with Gasteiger partial charge in [-0.05, 0) is 36.8 Å². The number of methoxy groups -OCH3 is 1. The third-order valence-corrected chi connectivity index (χ3v) is 5.04. The maximum Gasteiger partial charge on any atom is 0.240 e. The summed E-state index contributed by atoms with van der Waals surface area (Å²) >= 11 is 5.70. The fraction of sp³-hybridized carbons (Fsp3) is 0.583. The molecule has 1 saturated carbocycles. The molecule has 0 spiro atoms. The van der Waals surface area contributed by atoms with Crippen molar-refractivity contribution in [1.29, 1.82) is 0 Å². The van der Waals surface area contributed by atoms with E-state index in [-0.39, 0.29) is 15.5 Å². The van der Waals surface area contributed by atoms with Crippen molar-refractivity contribution >= 4 is 21.6 Å². The largest absolute Gasteiger partial charge is 0.385 e. The standard InChI is InChI=1S/C12H17ClN2O3S/c1-18-7-5-12(3-4-12)9-15-19(16,17)10-2-6-14-11(13)8-10/h2,6,8,15H,3-5,7,9H2,1H3. The molecule has 0 bridgehead atoms. The van der Waals surface area contributed by atoms with Crippen molar-refractivity contribution in [3.05, 3.63) is 23.5 Å². The van der Waals surface area contributed by atoms with Crippen molar-refractivity contribution in [2.24, 2.45) is 5.41 Å². The van der Waals surface area contributed by atoms with Crippen molar-refractivity contribution in [3.8, 4) is 0 Å². The maximum atomic E-state index is 12.1. The van der Waals surface area contributed by atoms with E-state index >= 15 is 0 Å². The normalized spacial score (nSPS) is 17.4. The van der Waals surface area contributed by atoms with Crippen molar-refractivity contribution < 1.29 is 13.2 Å². The van der Waals surface area contributed by atoms with Crippen LogP contribution in [0.25, 0.3) is 0 Å². The molecule has 106 valence electrons. The molecule has 0 saturated heterocycles. The number of hydrogen-bond donors (Lipinski definition) is 1. The molecular formula is C12H17ClN2O3S. The third kappa shape index (κ3) is 3.89. The zero-order chi connectivity index (χ0) is 13.9. The number of nitrogens with one attached hydrogen (secondary N) is 1. The molecule has 19 heavy (non-hydrogen) atoms. The monoisotopic (exact) mass is 304 g/mol. The first-order valence-electron chi connectivity index (χ1n) is 6.08. The number of aromatic nitrogens is 1. The van der Waals surface area contributed by atoms with Gasteiger partial charge in [-0.3, -0.25) is 0 Å². The van der Waals surface area contributed by atoms with Crippen LogP contribution in [0.15, 0.2) is 23.2 Å². The van der Waals surface area contributed by atoms with Crippen molar-refractivity contribution in [2.75, 3.05) is 20.3 Å². The molecule has 0 atom stereocenters. The molecule has 0 amide bonds. The second-order valence-corrected chi connectivity index (χ2v) is 7.04. The molecule has 1 aromatic heterocycles. The average molecular weight is 305 g/mol. The Kier molecular flexibility index (Phi) is 4.45. The summed E-state index contributed by atoms with van der Waals surface area (Å²) in [7, 11) is -1.86. The lowest BCUT2D eigenvalue weighted by Gasteiger charge is -2.15. The zero-order valence-electron chi connectivity index (χ0n) is 10.7. The fourth-order valence-corrected chi connectivity index (χ4v) is 3.30. The molecule has 5 nitrogen and oxygen atoms in total. The summed E-state index contributed by atoms with van der Waals surface area (Å²) in [5, 5.41) is 0.170. The van der Waals surface area contributed by atoms with E-state index in [1.807, 2.05) is 0 Å². The smallest absolute Gasteiger partial charge is 0.240 e. The molecule has 0 radical (unpaired) electrons. The maximum absolute atomic E-state index is 12.1. The highest BCUT2D eigenvalue weighted by atomic mass is 35.5. The number of pyridine rings is 1. The summed E-state index contributed by atoms with van der Waals surface area (Å²) in [6.45, 7) is 1.10. The predicted molar refractivity (Wildman–Crippen MR) is 72.6 cm³/mol. The van der Waals surface area contributed by atoms with Gasteiger partial charge in [0.1, 0.15) is 5.15 Å². The Morgan fingerprint density at radius 2 is 2.26 bits per heavy atom. The Morgan fingerprint density at radius 1 is 1.53 bits per heavy atom. The van der Waals surface area contributed by atoms with Gasteiger partial charge in [-0.1, -0.05) is 11.6 Å². The van der Waals surface area contributed by atoms with Crippen molar-refractivity contribution in [1.82, 2.24) is 9.71 Å². The number of nitrogens with zero attached hydrogens (tertiary/aromatic N) is 1. The van der Waals surface area contributed by atoms with Gasteiger partial charge in [0, 0.05) is 26.5 Å². The van der Waals surface area contributed by atoms with Crippen LogP contribution in [0.1, 0.15) is 19.3 Å². The number of ether oxygens (including phenoxy) is 1. The molecule has 0 aromatic carbocycles. The lowest BCUT2D eigenvalue weighted by atomic mass is 10.0. The minimum Gasteiger partial charge on any atom is -0.385 e. The van der Waals surface area contributed by atoms with Gasteiger partial charge in [-0.15, -0.1) is 0 Å². The van der Waals surface area contributed by atoms with Crippen LogP contribution in [-0.2, 0) is 14.8 Å². The van der Waals surface area contributed by atoms with Gasteiger partial charge in [-0.2, -0.15) is 0 Å². The summed E-state index contributed by atoms with van der Waals surface area (Å²) in [5.41, 5.74) is 0.0694. The third-order valence-electron chi connectivity index (χ3n) is 3.44. The number of sulfonamides is 1. The summed E-state index contributed by atoms with van der Waals surface area (Å²) in [4.78, 5) is 3.92. The van der Waals surface area contributed by atoms with Gasteiger partial charge in [0.25, 0.3) is 0 Å². The molecule has 1 aliphatic carbocycles. The SMILES string of the molecule is COCCC1(CNS(=O)(=O)c2ccnc(Cl)c2)CC1. The molecule has 1 aliphatic rings. The van der Waals surface area contributed by atoms with E-state index in [1.54, 1.807) is 7.11 Å². The van der Waals surface area contributed by atoms with E-state index in [4.69, 9.17) is 16.3 Å². The highest BCUT2D eigenvalue weighted by Crippen LogP contribution is 2.48. The molecule has 2 rings (SSSR count). The summed E-state index contributed by atoms with van der Waals surface area (Å²) in [6, 6.07) is 2.78. The van der Waals surface area contributed by atoms with Gasteiger partial charge >= 0.3 is 0 Å². The molecule has 0 unspecified atom stereocenters. The second-order valence-electron chi connectivity index (χ2n) is 4.88. The first kappa shape index (κ1) is 14.7. The summed E-state index contributed by atoms with van der Waals surface area (Å²) in [6.07, 6.45) is 4.34. The van der Waals surface area contributed by atoms with Gasteiger partial charge in [0.15, 0.2) is 0 Å². The number of halogens is 1. The van der Waals surface area contributed by atoms with Gasteiger partial charge in [-0.25, -0.2) is 18.1 Å². The van der Waals surface area contributed by atoms with Crippen LogP contribution in [0, 0.1) is 5.41 Å². The van der Waals surface area contributed by atoms with Crippen molar-refractivity contribution in [2.45, 2.75) is 24.2 Å². The summed E-state index contributed by atoms with van der Waals surface area (Å²) in [5.74, 6) is 0. The minimum atomic E-state index is -3.52. The van der Waals surface area contributed by atoms with E-state index in [0.717, 1.165) is 19.3 Å². The van der Waals surface area contributed by atoms with Crippen LogP contribution in [-0.4, -0.2) is 33.7 Å². The Labute approximate surface area is 118 Å². The Morgan fingerprint density at radius 3 is 2.84 bits per heavy atom. The Hall–Kier alpha value is -0.690. The van der Waals surface area contributed by atoms with Crippen LogP contribution in [0.5, 0.6) is 0 Å². The quantitative estimate of drug-likeness (QED) is 0.780. The number of hydrogen-bond acceptors (Lipinski definition) is 4.